The molecule has 1 rings (SSSR count). The lowest BCUT2D eigenvalue weighted by Gasteiger charge is -2.21. The van der Waals surface area contributed by atoms with E-state index < -0.39 is 0 Å². The Balaban J connectivity index is 2.97. The van der Waals surface area contributed by atoms with Gasteiger partial charge in [0.15, 0.2) is 0 Å². The predicted octanol–water partition coefficient (Wildman–Crippen LogP) is 3.35. The molecule has 0 unspecified atom stereocenters. The lowest BCUT2D eigenvalue weighted by molar-refractivity contribution is 0.160. The van der Waals surface area contributed by atoms with Crippen LogP contribution in [0.2, 0.25) is 0 Å². The Hall–Kier alpha value is -1.31. The first kappa shape index (κ1) is 11.8. The van der Waals surface area contributed by atoms with Gasteiger partial charge in [0.05, 0.1) is 6.21 Å². The van der Waals surface area contributed by atoms with Crippen LogP contribution in [0.1, 0.15) is 38.8 Å². The molecule has 0 bridgehead atoms. The van der Waals surface area contributed by atoms with E-state index in [9.17, 15) is 0 Å². The van der Waals surface area contributed by atoms with Crippen LogP contribution in [0.5, 0.6) is 0 Å². The molecule has 82 valence electrons. The molecule has 0 atom stereocenters. The molecule has 0 amide bonds. The maximum Gasteiger partial charge on any atom is 0.114 e. The Bertz CT molecular complexity index is 337. The molecule has 1 aromatic carbocycles. The quantitative estimate of drug-likeness (QED) is 0.547. The van der Waals surface area contributed by atoms with E-state index in [0.29, 0.717) is 6.61 Å². The zero-order valence-corrected chi connectivity index (χ0v) is 9.95. The van der Waals surface area contributed by atoms with Crippen molar-refractivity contribution >= 4 is 6.21 Å². The van der Waals surface area contributed by atoms with Gasteiger partial charge in [-0.05, 0) is 23.5 Å². The molecule has 0 aliphatic rings. The van der Waals surface area contributed by atoms with Gasteiger partial charge in [-0.15, -0.1) is 0 Å². The van der Waals surface area contributed by atoms with Crippen LogP contribution in [-0.4, -0.2) is 12.8 Å². The highest BCUT2D eigenvalue weighted by atomic mass is 16.6. The van der Waals surface area contributed by atoms with Crippen LogP contribution >= 0.6 is 0 Å². The van der Waals surface area contributed by atoms with E-state index in [1.807, 2.05) is 13.0 Å². The van der Waals surface area contributed by atoms with Crippen molar-refractivity contribution in [1.29, 1.82) is 0 Å². The molecule has 0 radical (unpaired) electrons. The number of rotatable bonds is 3. The first-order chi connectivity index (χ1) is 7.05. The third-order valence-electron chi connectivity index (χ3n) is 2.16. The molecule has 0 aliphatic carbocycles. The summed E-state index contributed by atoms with van der Waals surface area (Å²) in [7, 11) is 0. The van der Waals surface area contributed by atoms with E-state index in [1.165, 1.54) is 5.56 Å². The fourth-order valence-electron chi connectivity index (χ4n) is 1.46. The van der Waals surface area contributed by atoms with Gasteiger partial charge in [-0.25, -0.2) is 0 Å². The Morgan fingerprint density at radius 3 is 2.53 bits per heavy atom. The summed E-state index contributed by atoms with van der Waals surface area (Å²) in [6, 6.07) is 8.26. The van der Waals surface area contributed by atoms with Crippen LogP contribution in [0, 0.1) is 0 Å². The third kappa shape index (κ3) is 3.39. The molecule has 2 nitrogen and oxygen atoms in total. The van der Waals surface area contributed by atoms with Gasteiger partial charge in [0.1, 0.15) is 6.61 Å². The van der Waals surface area contributed by atoms with Crippen molar-refractivity contribution in [2.75, 3.05) is 6.61 Å². The van der Waals surface area contributed by atoms with E-state index in [0.717, 1.165) is 5.56 Å². The van der Waals surface area contributed by atoms with Crippen LogP contribution in [0.3, 0.4) is 0 Å². The van der Waals surface area contributed by atoms with Crippen molar-refractivity contribution in [3.8, 4) is 0 Å². The molecule has 0 spiro atoms. The van der Waals surface area contributed by atoms with Crippen LogP contribution < -0.4 is 0 Å². The highest BCUT2D eigenvalue weighted by molar-refractivity contribution is 5.81. The third-order valence-corrected chi connectivity index (χ3v) is 2.16. The molecular formula is C13H19NO. The molecule has 0 aliphatic heterocycles. The molecule has 0 fully saturated rings. The van der Waals surface area contributed by atoms with Crippen molar-refractivity contribution in [3.05, 3.63) is 35.4 Å². The average molecular weight is 205 g/mol. The lowest BCUT2D eigenvalue weighted by atomic mass is 9.84. The van der Waals surface area contributed by atoms with Gasteiger partial charge in [-0.1, -0.05) is 50.2 Å². The molecule has 1 aromatic rings. The molecule has 0 N–H and O–H groups in total. The minimum Gasteiger partial charge on any atom is -0.396 e. The maximum absolute atomic E-state index is 4.97. The van der Waals surface area contributed by atoms with Crippen molar-refractivity contribution < 1.29 is 4.84 Å². The predicted molar refractivity (Wildman–Crippen MR) is 64.4 cm³/mol. The molecule has 0 heterocycles. The SMILES string of the molecule is CCO/N=C/c1ccccc1C(C)(C)C. The number of hydrogen-bond acceptors (Lipinski definition) is 2. The maximum atomic E-state index is 4.97. The Morgan fingerprint density at radius 1 is 1.27 bits per heavy atom. The van der Waals surface area contributed by atoms with Crippen LogP contribution in [0.4, 0.5) is 0 Å². The van der Waals surface area contributed by atoms with Gasteiger partial charge in [-0.3, -0.25) is 0 Å². The minimum absolute atomic E-state index is 0.134. The fourth-order valence-corrected chi connectivity index (χ4v) is 1.46. The number of nitrogens with zero attached hydrogens (tertiary/aromatic N) is 1. The molecule has 15 heavy (non-hydrogen) atoms. The summed E-state index contributed by atoms with van der Waals surface area (Å²) >= 11 is 0. The zero-order valence-electron chi connectivity index (χ0n) is 9.95. The summed E-state index contributed by atoms with van der Waals surface area (Å²) in [5.74, 6) is 0. The normalized spacial score (nSPS) is 12.0. The molecule has 0 saturated carbocycles. The molecule has 0 saturated heterocycles. The van der Waals surface area contributed by atoms with Crippen molar-refractivity contribution in [2.24, 2.45) is 5.16 Å². The Labute approximate surface area is 91.9 Å². The largest absolute Gasteiger partial charge is 0.396 e. The minimum atomic E-state index is 0.134. The monoisotopic (exact) mass is 205 g/mol. The topological polar surface area (TPSA) is 21.6 Å². The van der Waals surface area contributed by atoms with Gasteiger partial charge in [0, 0.05) is 0 Å². The van der Waals surface area contributed by atoms with Crippen molar-refractivity contribution in [1.82, 2.24) is 0 Å². The molecule has 2 heteroatoms. The van der Waals surface area contributed by atoms with E-state index in [1.54, 1.807) is 6.21 Å². The zero-order chi connectivity index (χ0) is 11.3. The summed E-state index contributed by atoms with van der Waals surface area (Å²) in [5.41, 5.74) is 2.54. The summed E-state index contributed by atoms with van der Waals surface area (Å²) in [6.07, 6.45) is 1.78. The molecule has 0 aromatic heterocycles. The summed E-state index contributed by atoms with van der Waals surface area (Å²) in [5, 5.41) is 3.91. The van der Waals surface area contributed by atoms with E-state index in [2.05, 4.69) is 44.1 Å². The van der Waals surface area contributed by atoms with Crippen LogP contribution in [0.25, 0.3) is 0 Å². The van der Waals surface area contributed by atoms with Gasteiger partial charge >= 0.3 is 0 Å². The van der Waals surface area contributed by atoms with Crippen LogP contribution in [0.15, 0.2) is 29.4 Å². The molecular weight excluding hydrogens is 186 g/mol. The van der Waals surface area contributed by atoms with E-state index in [-0.39, 0.29) is 5.41 Å². The second-order valence-corrected chi connectivity index (χ2v) is 4.49. The summed E-state index contributed by atoms with van der Waals surface area (Å²) in [6.45, 7) is 9.11. The standard InChI is InChI=1S/C13H19NO/c1-5-15-14-10-11-8-6-7-9-12(11)13(2,3)4/h6-10H,5H2,1-4H3/b14-10+. The second-order valence-electron chi connectivity index (χ2n) is 4.49. The smallest absolute Gasteiger partial charge is 0.114 e. The Morgan fingerprint density at radius 2 is 1.93 bits per heavy atom. The summed E-state index contributed by atoms with van der Waals surface area (Å²) < 4.78 is 0. The summed E-state index contributed by atoms with van der Waals surface area (Å²) in [4.78, 5) is 4.97. The number of hydrogen-bond donors (Lipinski definition) is 0. The highest BCUT2D eigenvalue weighted by Crippen LogP contribution is 2.24. The number of benzene rings is 1. The van der Waals surface area contributed by atoms with E-state index >= 15 is 0 Å². The van der Waals surface area contributed by atoms with Crippen molar-refractivity contribution in [2.45, 2.75) is 33.1 Å². The highest BCUT2D eigenvalue weighted by Gasteiger charge is 2.16. The number of oxime groups is 1. The Kier molecular flexibility index (Phi) is 3.89. The van der Waals surface area contributed by atoms with Crippen molar-refractivity contribution in [3.63, 3.8) is 0 Å². The van der Waals surface area contributed by atoms with Crippen LogP contribution in [-0.2, 0) is 10.3 Å². The average Bonchev–Trinajstić information content (AvgIpc) is 2.17. The van der Waals surface area contributed by atoms with Gasteiger partial charge < -0.3 is 4.84 Å². The van der Waals surface area contributed by atoms with E-state index in [4.69, 9.17) is 4.84 Å². The second kappa shape index (κ2) is 4.96. The first-order valence-corrected chi connectivity index (χ1v) is 5.30. The first-order valence-electron chi connectivity index (χ1n) is 5.30. The lowest BCUT2D eigenvalue weighted by Crippen LogP contribution is -2.13. The fraction of sp³-hybridized carbons (Fsp3) is 0.462. The van der Waals surface area contributed by atoms with Gasteiger partial charge in [0.2, 0.25) is 0 Å². The van der Waals surface area contributed by atoms with Gasteiger partial charge in [0.25, 0.3) is 0 Å². The van der Waals surface area contributed by atoms with Gasteiger partial charge in [-0.2, -0.15) is 0 Å².